The quantitative estimate of drug-likeness (QED) is 0.764. The summed E-state index contributed by atoms with van der Waals surface area (Å²) in [5, 5.41) is 11.8. The van der Waals surface area contributed by atoms with Crippen molar-refractivity contribution in [3.05, 3.63) is 29.8 Å². The van der Waals surface area contributed by atoms with Gasteiger partial charge in [-0.25, -0.2) is 0 Å². The zero-order valence-corrected chi connectivity index (χ0v) is 8.04. The van der Waals surface area contributed by atoms with Crippen LogP contribution in [0.2, 0.25) is 0 Å². The molecule has 0 amide bonds. The largest absolute Gasteiger partial charge is 0.384 e. The molecule has 0 fully saturated rings. The summed E-state index contributed by atoms with van der Waals surface area (Å²) < 4.78 is 0. The third kappa shape index (κ3) is 3.16. The first-order valence-electron chi connectivity index (χ1n) is 4.42. The van der Waals surface area contributed by atoms with Gasteiger partial charge in [0, 0.05) is 12.2 Å². The van der Waals surface area contributed by atoms with Crippen molar-refractivity contribution in [2.24, 2.45) is 5.92 Å². The molecule has 0 aliphatic heterocycles. The minimum Gasteiger partial charge on any atom is -0.384 e. The van der Waals surface area contributed by atoms with Crippen LogP contribution in [0.3, 0.4) is 0 Å². The van der Waals surface area contributed by atoms with Gasteiger partial charge in [-0.15, -0.1) is 0 Å². The molecule has 1 N–H and O–H groups in total. The van der Waals surface area contributed by atoms with Gasteiger partial charge < -0.3 is 5.32 Å². The van der Waals surface area contributed by atoms with Crippen LogP contribution in [0.15, 0.2) is 24.3 Å². The van der Waals surface area contributed by atoms with Crippen LogP contribution in [0, 0.1) is 24.2 Å². The van der Waals surface area contributed by atoms with Crippen molar-refractivity contribution in [3.8, 4) is 6.07 Å². The number of benzene rings is 1. The number of rotatable bonds is 3. The summed E-state index contributed by atoms with van der Waals surface area (Å²) in [6, 6.07) is 10.3. The molecule has 1 rings (SSSR count). The summed E-state index contributed by atoms with van der Waals surface area (Å²) >= 11 is 0. The highest BCUT2D eigenvalue weighted by Crippen LogP contribution is 2.09. The molecule has 0 aliphatic rings. The highest BCUT2D eigenvalue weighted by Gasteiger charge is 1.98. The van der Waals surface area contributed by atoms with Crippen molar-refractivity contribution in [1.82, 2.24) is 0 Å². The van der Waals surface area contributed by atoms with Crippen molar-refractivity contribution in [2.45, 2.75) is 13.8 Å². The van der Waals surface area contributed by atoms with Crippen LogP contribution in [0.4, 0.5) is 5.69 Å². The fourth-order valence-electron chi connectivity index (χ4n) is 1.07. The summed E-state index contributed by atoms with van der Waals surface area (Å²) in [5.41, 5.74) is 2.32. The molecule has 0 saturated heterocycles. The number of hydrogen-bond acceptors (Lipinski definition) is 2. The predicted molar refractivity (Wildman–Crippen MR) is 54.4 cm³/mol. The number of hydrogen-bond donors (Lipinski definition) is 1. The second kappa shape index (κ2) is 4.51. The van der Waals surface area contributed by atoms with Gasteiger partial charge in [0.25, 0.3) is 0 Å². The number of aryl methyl sites for hydroxylation is 1. The molecule has 0 spiro atoms. The Morgan fingerprint density at radius 3 is 2.92 bits per heavy atom. The van der Waals surface area contributed by atoms with E-state index in [1.807, 2.05) is 19.1 Å². The molecule has 68 valence electrons. The van der Waals surface area contributed by atoms with Crippen LogP contribution in [-0.4, -0.2) is 6.54 Å². The van der Waals surface area contributed by atoms with Crippen LogP contribution in [0.25, 0.3) is 0 Å². The smallest absolute Gasteiger partial charge is 0.0671 e. The minimum atomic E-state index is 0.0560. The van der Waals surface area contributed by atoms with Crippen molar-refractivity contribution >= 4 is 5.69 Å². The van der Waals surface area contributed by atoms with Crippen molar-refractivity contribution < 1.29 is 0 Å². The highest BCUT2D eigenvalue weighted by atomic mass is 14.9. The molecule has 0 unspecified atom stereocenters. The average molecular weight is 174 g/mol. The van der Waals surface area contributed by atoms with Gasteiger partial charge in [-0.05, 0) is 31.5 Å². The van der Waals surface area contributed by atoms with Gasteiger partial charge in [-0.3, -0.25) is 0 Å². The molecular weight excluding hydrogens is 160 g/mol. The fourth-order valence-corrected chi connectivity index (χ4v) is 1.07. The Labute approximate surface area is 79.2 Å². The van der Waals surface area contributed by atoms with Crippen LogP contribution >= 0.6 is 0 Å². The Hall–Kier alpha value is -1.49. The predicted octanol–water partition coefficient (Wildman–Crippen LogP) is 2.57. The fraction of sp³-hybridized carbons (Fsp3) is 0.364. The van der Waals surface area contributed by atoms with E-state index in [1.165, 1.54) is 5.56 Å². The molecule has 13 heavy (non-hydrogen) atoms. The van der Waals surface area contributed by atoms with Crippen LogP contribution in [0.1, 0.15) is 12.5 Å². The first kappa shape index (κ1) is 9.60. The second-order valence-corrected chi connectivity index (χ2v) is 3.28. The van der Waals surface area contributed by atoms with E-state index in [-0.39, 0.29) is 5.92 Å². The molecule has 1 aromatic carbocycles. The van der Waals surface area contributed by atoms with Gasteiger partial charge in [0.1, 0.15) is 0 Å². The number of anilines is 1. The van der Waals surface area contributed by atoms with Gasteiger partial charge >= 0.3 is 0 Å². The lowest BCUT2D eigenvalue weighted by molar-refractivity contribution is 0.786. The summed E-state index contributed by atoms with van der Waals surface area (Å²) in [4.78, 5) is 0. The summed E-state index contributed by atoms with van der Waals surface area (Å²) in [5.74, 6) is 0.0560. The number of nitriles is 1. The first-order valence-corrected chi connectivity index (χ1v) is 4.42. The Morgan fingerprint density at radius 2 is 2.31 bits per heavy atom. The van der Waals surface area contributed by atoms with E-state index in [4.69, 9.17) is 5.26 Å². The first-order chi connectivity index (χ1) is 6.22. The number of nitrogens with one attached hydrogen (secondary N) is 1. The van der Waals surface area contributed by atoms with Crippen molar-refractivity contribution in [2.75, 3.05) is 11.9 Å². The topological polar surface area (TPSA) is 35.8 Å². The maximum absolute atomic E-state index is 8.58. The zero-order chi connectivity index (χ0) is 9.68. The molecule has 0 bridgehead atoms. The SMILES string of the molecule is Cc1cccc(NC[C@@H](C)C#N)c1. The molecule has 2 heteroatoms. The van der Waals surface area contributed by atoms with E-state index in [0.29, 0.717) is 6.54 Å². The summed E-state index contributed by atoms with van der Waals surface area (Å²) in [6.45, 7) is 4.67. The zero-order valence-electron chi connectivity index (χ0n) is 8.04. The Balaban J connectivity index is 2.51. The number of nitrogens with zero attached hydrogens (tertiary/aromatic N) is 1. The van der Waals surface area contributed by atoms with Crippen LogP contribution < -0.4 is 5.32 Å². The Bertz CT molecular complexity index is 312. The van der Waals surface area contributed by atoms with Crippen molar-refractivity contribution in [3.63, 3.8) is 0 Å². The molecule has 0 aliphatic carbocycles. The summed E-state index contributed by atoms with van der Waals surface area (Å²) in [7, 11) is 0. The van der Waals surface area contributed by atoms with E-state index < -0.39 is 0 Å². The van der Waals surface area contributed by atoms with Gasteiger partial charge in [0.05, 0.1) is 12.0 Å². The molecule has 0 heterocycles. The van der Waals surface area contributed by atoms with Gasteiger partial charge in [-0.2, -0.15) is 5.26 Å². The lowest BCUT2D eigenvalue weighted by atomic mass is 10.2. The molecule has 0 radical (unpaired) electrons. The molecule has 1 atom stereocenters. The second-order valence-electron chi connectivity index (χ2n) is 3.28. The molecular formula is C11H14N2. The molecule has 0 saturated carbocycles. The minimum absolute atomic E-state index is 0.0560. The monoisotopic (exact) mass is 174 g/mol. The van der Waals surface area contributed by atoms with Gasteiger partial charge in [0.2, 0.25) is 0 Å². The van der Waals surface area contributed by atoms with Gasteiger partial charge in [-0.1, -0.05) is 12.1 Å². The normalized spacial score (nSPS) is 11.8. The molecule has 1 aromatic rings. The third-order valence-corrected chi connectivity index (χ3v) is 1.85. The van der Waals surface area contributed by atoms with E-state index in [2.05, 4.69) is 30.4 Å². The Morgan fingerprint density at radius 1 is 1.54 bits per heavy atom. The standard InChI is InChI=1S/C11H14N2/c1-9-4-3-5-11(6-9)13-8-10(2)7-12/h3-6,10,13H,8H2,1-2H3/t10-/m0/s1. The van der Waals surface area contributed by atoms with E-state index in [9.17, 15) is 0 Å². The third-order valence-electron chi connectivity index (χ3n) is 1.85. The highest BCUT2D eigenvalue weighted by molar-refractivity contribution is 5.45. The lowest BCUT2D eigenvalue weighted by Crippen LogP contribution is -2.09. The lowest BCUT2D eigenvalue weighted by Gasteiger charge is -2.07. The summed E-state index contributed by atoms with van der Waals surface area (Å²) in [6.07, 6.45) is 0. The van der Waals surface area contributed by atoms with Crippen molar-refractivity contribution in [1.29, 1.82) is 5.26 Å². The van der Waals surface area contributed by atoms with Crippen LogP contribution in [-0.2, 0) is 0 Å². The molecule has 2 nitrogen and oxygen atoms in total. The van der Waals surface area contributed by atoms with E-state index in [0.717, 1.165) is 5.69 Å². The average Bonchev–Trinajstić information content (AvgIpc) is 2.14. The van der Waals surface area contributed by atoms with Gasteiger partial charge in [0.15, 0.2) is 0 Å². The van der Waals surface area contributed by atoms with Crippen LogP contribution in [0.5, 0.6) is 0 Å². The maximum atomic E-state index is 8.58. The van der Waals surface area contributed by atoms with E-state index >= 15 is 0 Å². The maximum Gasteiger partial charge on any atom is 0.0671 e. The molecule has 0 aromatic heterocycles. The van der Waals surface area contributed by atoms with E-state index in [1.54, 1.807) is 0 Å². The Kier molecular flexibility index (Phi) is 3.33.